The zero-order valence-electron chi connectivity index (χ0n) is 20.3. The lowest BCUT2D eigenvalue weighted by molar-refractivity contribution is -0.142. The summed E-state index contributed by atoms with van der Waals surface area (Å²) in [6.45, 7) is 3.68. The molecule has 2 bridgehead atoms. The van der Waals surface area contributed by atoms with Crippen LogP contribution in [0, 0.1) is 11.8 Å². The van der Waals surface area contributed by atoms with Crippen LogP contribution in [0.5, 0.6) is 0 Å². The molecule has 1 spiro atoms. The minimum absolute atomic E-state index is 0.0319. The highest BCUT2D eigenvalue weighted by Gasteiger charge is 2.64. The summed E-state index contributed by atoms with van der Waals surface area (Å²) >= 11 is 14.0. The highest BCUT2D eigenvalue weighted by molar-refractivity contribution is 8.15. The van der Waals surface area contributed by atoms with Crippen LogP contribution in [0.1, 0.15) is 69.2 Å². The molecule has 1 saturated heterocycles. The van der Waals surface area contributed by atoms with Crippen molar-refractivity contribution in [3.05, 3.63) is 69.7 Å². The molecule has 2 aliphatic heterocycles. The van der Waals surface area contributed by atoms with Gasteiger partial charge in [0, 0.05) is 46.8 Å². The number of rotatable bonds is 4. The third-order valence-electron chi connectivity index (χ3n) is 7.60. The molecule has 3 aliphatic rings. The van der Waals surface area contributed by atoms with Crippen LogP contribution in [-0.4, -0.2) is 26.9 Å². The van der Waals surface area contributed by atoms with Crippen LogP contribution in [0.3, 0.4) is 0 Å². The predicted octanol–water partition coefficient (Wildman–Crippen LogP) is 6.27. The van der Waals surface area contributed by atoms with E-state index in [0.29, 0.717) is 28.1 Å². The van der Waals surface area contributed by atoms with Crippen molar-refractivity contribution in [1.29, 1.82) is 0 Å². The molecule has 2 heterocycles. The topological polar surface area (TPSA) is 73.8 Å². The van der Waals surface area contributed by atoms with Crippen molar-refractivity contribution in [1.82, 2.24) is 15.6 Å². The molecule has 1 aliphatic carbocycles. The van der Waals surface area contributed by atoms with Crippen molar-refractivity contribution in [3.63, 3.8) is 0 Å². The van der Waals surface area contributed by atoms with Gasteiger partial charge in [0.05, 0.1) is 0 Å². The second-order valence-corrected chi connectivity index (χ2v) is 11.7. The number of nitrogens with zero attached hydrogens (tertiary/aromatic N) is 2. The fraction of sp³-hybridized carbons (Fsp3) is 0.444. The highest BCUT2D eigenvalue weighted by atomic mass is 35.5. The molecule has 6 nitrogen and oxygen atoms in total. The Bertz CT molecular complexity index is 1110. The second kappa shape index (κ2) is 10.4. The summed E-state index contributed by atoms with van der Waals surface area (Å²) in [4.78, 5) is 25.1. The summed E-state index contributed by atoms with van der Waals surface area (Å²) in [6.07, 6.45) is 3.62. The van der Waals surface area contributed by atoms with E-state index in [1.165, 1.54) is 0 Å². The molecule has 2 aromatic rings. The molecule has 2 aromatic carbocycles. The number of halogens is 2. The average molecular weight is 546 g/mol. The van der Waals surface area contributed by atoms with Gasteiger partial charge in [-0.25, -0.2) is 5.01 Å². The number of amides is 2. The Labute approximate surface area is 226 Å². The third kappa shape index (κ3) is 4.44. The smallest absolute Gasteiger partial charge is 0.243 e. The van der Waals surface area contributed by atoms with E-state index in [4.69, 9.17) is 28.3 Å². The summed E-state index contributed by atoms with van der Waals surface area (Å²) in [6, 6.07) is 15.8. The first-order valence-corrected chi connectivity index (χ1v) is 14.1. The molecule has 4 unspecified atom stereocenters. The van der Waals surface area contributed by atoms with Gasteiger partial charge in [-0.15, -0.1) is 5.10 Å². The predicted molar refractivity (Wildman–Crippen MR) is 146 cm³/mol. The number of hydrazone groups is 1. The number of hydrogen-bond donors (Lipinski definition) is 2. The number of amidine groups is 1. The Kier molecular flexibility index (Phi) is 7.37. The van der Waals surface area contributed by atoms with Crippen molar-refractivity contribution in [3.8, 4) is 0 Å². The van der Waals surface area contributed by atoms with Crippen molar-refractivity contribution in [2.75, 3.05) is 0 Å². The molecule has 2 N–H and O–H groups in total. The molecule has 0 radical (unpaired) electrons. The lowest BCUT2D eigenvalue weighted by atomic mass is 9.64. The van der Waals surface area contributed by atoms with Crippen LogP contribution >= 0.6 is 35.0 Å². The van der Waals surface area contributed by atoms with Crippen molar-refractivity contribution < 1.29 is 9.59 Å². The molecule has 9 heteroatoms. The lowest BCUT2D eigenvalue weighted by Crippen LogP contribution is -2.65. The monoisotopic (exact) mass is 544 g/mol. The van der Waals surface area contributed by atoms with Crippen LogP contribution in [0.25, 0.3) is 0 Å². The Morgan fingerprint density at radius 2 is 1.50 bits per heavy atom. The third-order valence-corrected chi connectivity index (χ3v) is 9.59. The zero-order valence-corrected chi connectivity index (χ0v) is 22.7. The van der Waals surface area contributed by atoms with Gasteiger partial charge in [0.1, 0.15) is 4.87 Å². The maximum atomic E-state index is 13.4. The molecular weight excluding hydrogens is 515 g/mol. The molecule has 2 fully saturated rings. The van der Waals surface area contributed by atoms with E-state index in [2.05, 4.69) is 34.9 Å². The van der Waals surface area contributed by atoms with Crippen LogP contribution in [0.15, 0.2) is 53.6 Å². The highest BCUT2D eigenvalue weighted by Crippen LogP contribution is 2.63. The van der Waals surface area contributed by atoms with E-state index in [-0.39, 0.29) is 35.7 Å². The number of carbonyl (C=O) groups is 2. The van der Waals surface area contributed by atoms with E-state index in [1.54, 1.807) is 16.8 Å². The van der Waals surface area contributed by atoms with Gasteiger partial charge < -0.3 is 10.6 Å². The average Bonchev–Trinajstić information content (AvgIpc) is 3.23. The normalized spacial score (nSPS) is 29.2. The Balaban J connectivity index is 1.65. The number of benzene rings is 2. The van der Waals surface area contributed by atoms with Gasteiger partial charge >= 0.3 is 0 Å². The van der Waals surface area contributed by atoms with Crippen molar-refractivity contribution in [2.24, 2.45) is 16.9 Å². The number of piperidine rings is 1. The summed E-state index contributed by atoms with van der Waals surface area (Å²) in [5.74, 6) is 0.0269. The van der Waals surface area contributed by atoms with E-state index < -0.39 is 4.87 Å². The van der Waals surface area contributed by atoms with E-state index >= 15 is 0 Å². The first-order valence-electron chi connectivity index (χ1n) is 12.5. The second-order valence-electron chi connectivity index (χ2n) is 9.59. The van der Waals surface area contributed by atoms with E-state index in [0.717, 1.165) is 30.4 Å². The SMILES string of the molecule is CCC(=O)NC1=NN(C(=O)CC)C2(S1)C1CCCC2C(c2ccc(Cl)cc2)NC1c1ccc(Cl)cc1. The number of thioether (sulfide) groups is 1. The van der Waals surface area contributed by atoms with E-state index in [1.807, 2.05) is 38.1 Å². The fourth-order valence-electron chi connectivity index (χ4n) is 5.99. The first kappa shape index (κ1) is 25.6. The van der Waals surface area contributed by atoms with Crippen LogP contribution in [0.4, 0.5) is 0 Å². The molecule has 1 saturated carbocycles. The van der Waals surface area contributed by atoms with Crippen molar-refractivity contribution >= 4 is 51.9 Å². The minimum Gasteiger partial charge on any atom is -0.304 e. The van der Waals surface area contributed by atoms with Gasteiger partial charge in [-0.05, 0) is 48.2 Å². The Morgan fingerprint density at radius 3 is 1.97 bits per heavy atom. The molecule has 0 aromatic heterocycles. The molecule has 190 valence electrons. The van der Waals surface area contributed by atoms with Gasteiger partial charge in [0.25, 0.3) is 0 Å². The summed E-state index contributed by atoms with van der Waals surface area (Å²) < 4.78 is 0. The van der Waals surface area contributed by atoms with E-state index in [9.17, 15) is 9.59 Å². The fourth-order valence-corrected chi connectivity index (χ4v) is 7.88. The minimum atomic E-state index is -0.623. The first-order chi connectivity index (χ1) is 17.4. The largest absolute Gasteiger partial charge is 0.304 e. The van der Waals surface area contributed by atoms with Crippen LogP contribution < -0.4 is 10.6 Å². The Morgan fingerprint density at radius 1 is 0.972 bits per heavy atom. The maximum Gasteiger partial charge on any atom is 0.243 e. The zero-order chi connectivity index (χ0) is 25.4. The molecule has 2 amide bonds. The standard InChI is InChI=1S/C27H30Cl2N4O2S/c1-3-22(34)30-26-32-33(23(35)4-2)27(36-26)20-6-5-7-21(27)25(17-10-14-19(29)15-11-17)31-24(20)16-8-12-18(28)13-9-16/h8-15,20-21,24-25,31H,3-7H2,1-2H3,(H,30,32,34). The quantitative estimate of drug-likeness (QED) is 0.475. The number of hydrogen-bond acceptors (Lipinski definition) is 5. The van der Waals surface area contributed by atoms with Gasteiger partial charge in [0.15, 0.2) is 5.17 Å². The van der Waals surface area contributed by atoms with Gasteiger partial charge in [-0.3, -0.25) is 9.59 Å². The summed E-state index contributed by atoms with van der Waals surface area (Å²) in [7, 11) is 0. The van der Waals surface area contributed by atoms with Gasteiger partial charge in [0.2, 0.25) is 11.8 Å². The lowest BCUT2D eigenvalue weighted by Gasteiger charge is -2.59. The summed E-state index contributed by atoms with van der Waals surface area (Å²) in [5, 5.41) is 15.2. The molecule has 5 rings (SSSR count). The molecular formula is C27H30Cl2N4O2S. The van der Waals surface area contributed by atoms with Crippen LogP contribution in [-0.2, 0) is 9.59 Å². The maximum absolute atomic E-state index is 13.4. The molecule has 4 atom stereocenters. The summed E-state index contributed by atoms with van der Waals surface area (Å²) in [5.41, 5.74) is 2.25. The van der Waals surface area contributed by atoms with Crippen molar-refractivity contribution in [2.45, 2.75) is 62.9 Å². The molecule has 36 heavy (non-hydrogen) atoms. The number of carbonyl (C=O) groups excluding carboxylic acids is 2. The number of nitrogens with one attached hydrogen (secondary N) is 2. The van der Waals surface area contributed by atoms with Crippen LogP contribution in [0.2, 0.25) is 10.0 Å². The van der Waals surface area contributed by atoms with Gasteiger partial charge in [-0.1, -0.05) is 79.5 Å². The Hall–Kier alpha value is -2.06. The van der Waals surface area contributed by atoms with Gasteiger partial charge in [-0.2, -0.15) is 0 Å².